The van der Waals surface area contributed by atoms with Crippen LogP contribution in [0.25, 0.3) is 0 Å². The van der Waals surface area contributed by atoms with E-state index in [-0.39, 0.29) is 5.91 Å². The molecule has 0 aliphatic rings. The lowest BCUT2D eigenvalue weighted by atomic mass is 10.3. The van der Waals surface area contributed by atoms with Gasteiger partial charge in [0.2, 0.25) is 0 Å². The topological polar surface area (TPSA) is 64.7 Å². The first-order valence-electron chi connectivity index (χ1n) is 6.61. The minimum atomic E-state index is -0.146. The molecule has 0 fully saturated rings. The zero-order valence-corrected chi connectivity index (χ0v) is 12.4. The predicted molar refractivity (Wildman–Crippen MR) is 76.8 cm³/mol. The van der Waals surface area contributed by atoms with Crippen molar-refractivity contribution in [3.05, 3.63) is 34.9 Å². The summed E-state index contributed by atoms with van der Waals surface area (Å²) in [6, 6.07) is 1.72. The summed E-state index contributed by atoms with van der Waals surface area (Å²) in [4.78, 5) is 11.8. The van der Waals surface area contributed by atoms with Crippen LogP contribution in [-0.4, -0.2) is 32.0 Å². The normalized spacial score (nSPS) is 10.8. The maximum absolute atomic E-state index is 11.8. The van der Waals surface area contributed by atoms with Crippen LogP contribution in [0.15, 0.2) is 18.5 Å². The average Bonchev–Trinajstić information content (AvgIpc) is 3.02. The number of aromatic nitrogens is 4. The molecule has 0 saturated heterocycles. The van der Waals surface area contributed by atoms with Crippen molar-refractivity contribution in [3.8, 4) is 0 Å². The molecule has 0 aromatic carbocycles. The van der Waals surface area contributed by atoms with Gasteiger partial charge in [-0.25, -0.2) is 0 Å². The van der Waals surface area contributed by atoms with Crippen molar-refractivity contribution in [2.75, 3.05) is 6.54 Å². The second kappa shape index (κ2) is 6.56. The van der Waals surface area contributed by atoms with Crippen molar-refractivity contribution >= 4 is 17.5 Å². The molecule has 0 spiro atoms. The highest BCUT2D eigenvalue weighted by atomic mass is 35.5. The van der Waals surface area contributed by atoms with Crippen LogP contribution < -0.4 is 5.32 Å². The molecule has 1 N–H and O–H groups in total. The molecule has 2 aromatic rings. The van der Waals surface area contributed by atoms with E-state index in [2.05, 4.69) is 15.5 Å². The average molecular weight is 296 g/mol. The van der Waals surface area contributed by atoms with Gasteiger partial charge in [-0.15, -0.1) is 0 Å². The molecular formula is C13H18ClN5O. The largest absolute Gasteiger partial charge is 0.351 e. The molecule has 0 saturated carbocycles. The van der Waals surface area contributed by atoms with E-state index in [1.165, 1.54) is 0 Å². The second-order valence-electron chi connectivity index (χ2n) is 4.49. The second-order valence-corrected chi connectivity index (χ2v) is 4.90. The minimum Gasteiger partial charge on any atom is -0.351 e. The van der Waals surface area contributed by atoms with Gasteiger partial charge in [-0.2, -0.15) is 10.2 Å². The predicted octanol–water partition coefficient (Wildman–Crippen LogP) is 1.88. The Bertz CT molecular complexity index is 570. The van der Waals surface area contributed by atoms with Crippen molar-refractivity contribution in [2.45, 2.75) is 33.4 Å². The zero-order valence-electron chi connectivity index (χ0n) is 11.6. The van der Waals surface area contributed by atoms with E-state index >= 15 is 0 Å². The maximum Gasteiger partial charge on any atom is 0.271 e. The van der Waals surface area contributed by atoms with E-state index in [9.17, 15) is 4.79 Å². The van der Waals surface area contributed by atoms with Gasteiger partial charge in [-0.1, -0.05) is 11.6 Å². The Kier molecular flexibility index (Phi) is 4.79. The van der Waals surface area contributed by atoms with Crippen LogP contribution in [0.4, 0.5) is 0 Å². The van der Waals surface area contributed by atoms with Crippen LogP contribution in [-0.2, 0) is 13.1 Å². The Labute approximate surface area is 122 Å². The molecule has 1 amide bonds. The van der Waals surface area contributed by atoms with E-state index in [0.717, 1.165) is 25.2 Å². The van der Waals surface area contributed by atoms with E-state index in [1.54, 1.807) is 27.8 Å². The van der Waals surface area contributed by atoms with Crippen molar-refractivity contribution in [2.24, 2.45) is 0 Å². The van der Waals surface area contributed by atoms with Gasteiger partial charge < -0.3 is 5.32 Å². The van der Waals surface area contributed by atoms with Crippen LogP contribution >= 0.6 is 11.6 Å². The number of amides is 1. The first kappa shape index (κ1) is 14.6. The molecule has 20 heavy (non-hydrogen) atoms. The highest BCUT2D eigenvalue weighted by Gasteiger charge is 2.08. The van der Waals surface area contributed by atoms with Crippen molar-refractivity contribution in [1.82, 2.24) is 24.9 Å². The number of carbonyl (C=O) groups is 1. The monoisotopic (exact) mass is 295 g/mol. The molecule has 2 rings (SSSR count). The quantitative estimate of drug-likeness (QED) is 0.828. The number of nitrogens with one attached hydrogen (secondary N) is 1. The third kappa shape index (κ3) is 3.60. The molecule has 6 nitrogen and oxygen atoms in total. The standard InChI is InChI=1S/C13H18ClN5O/c1-3-18-8-5-12(17-18)13(20)15-6-4-7-19-9-11(14)10(2)16-19/h5,8-9H,3-4,6-7H2,1-2H3,(H,15,20). The summed E-state index contributed by atoms with van der Waals surface area (Å²) in [7, 11) is 0. The van der Waals surface area contributed by atoms with Crippen molar-refractivity contribution in [1.29, 1.82) is 0 Å². The van der Waals surface area contributed by atoms with Crippen LogP contribution in [0.5, 0.6) is 0 Å². The number of rotatable bonds is 6. The summed E-state index contributed by atoms with van der Waals surface area (Å²) in [6.07, 6.45) is 4.38. The van der Waals surface area contributed by atoms with Crippen LogP contribution in [0.1, 0.15) is 29.5 Å². The number of hydrogen-bond acceptors (Lipinski definition) is 3. The summed E-state index contributed by atoms with van der Waals surface area (Å²) < 4.78 is 3.51. The lowest BCUT2D eigenvalue weighted by Crippen LogP contribution is -2.25. The minimum absolute atomic E-state index is 0.146. The van der Waals surface area contributed by atoms with Crippen molar-refractivity contribution < 1.29 is 4.79 Å². The van der Waals surface area contributed by atoms with Gasteiger partial charge >= 0.3 is 0 Å². The molecule has 0 atom stereocenters. The van der Waals surface area contributed by atoms with Gasteiger partial charge in [-0.05, 0) is 26.3 Å². The molecule has 0 unspecified atom stereocenters. The van der Waals surface area contributed by atoms with Crippen LogP contribution in [0.3, 0.4) is 0 Å². The SMILES string of the molecule is CCn1ccc(C(=O)NCCCn2cc(Cl)c(C)n2)n1. The molecule has 108 valence electrons. The first-order chi connectivity index (χ1) is 9.60. The maximum atomic E-state index is 11.8. The summed E-state index contributed by atoms with van der Waals surface area (Å²) in [5.41, 5.74) is 1.27. The summed E-state index contributed by atoms with van der Waals surface area (Å²) in [6.45, 7) is 5.90. The third-order valence-electron chi connectivity index (χ3n) is 2.93. The Morgan fingerprint density at radius 1 is 1.40 bits per heavy atom. The summed E-state index contributed by atoms with van der Waals surface area (Å²) >= 11 is 5.93. The fourth-order valence-electron chi connectivity index (χ4n) is 1.80. The number of nitrogens with zero attached hydrogens (tertiary/aromatic N) is 4. The molecule has 0 aliphatic heterocycles. The fourth-order valence-corrected chi connectivity index (χ4v) is 1.95. The molecular weight excluding hydrogens is 278 g/mol. The number of aryl methyl sites for hydroxylation is 3. The Balaban J connectivity index is 1.74. The molecule has 0 radical (unpaired) electrons. The number of hydrogen-bond donors (Lipinski definition) is 1. The smallest absolute Gasteiger partial charge is 0.271 e. The summed E-state index contributed by atoms with van der Waals surface area (Å²) in [5, 5.41) is 11.9. The Hall–Kier alpha value is -1.82. The zero-order chi connectivity index (χ0) is 14.5. The molecule has 2 heterocycles. The Morgan fingerprint density at radius 2 is 2.20 bits per heavy atom. The number of halogens is 1. The molecule has 7 heteroatoms. The van der Waals surface area contributed by atoms with Gasteiger partial charge in [0.15, 0.2) is 0 Å². The third-order valence-corrected chi connectivity index (χ3v) is 3.30. The van der Waals surface area contributed by atoms with Gasteiger partial charge in [0, 0.05) is 32.0 Å². The summed E-state index contributed by atoms with van der Waals surface area (Å²) in [5.74, 6) is -0.146. The van der Waals surface area contributed by atoms with Crippen molar-refractivity contribution in [3.63, 3.8) is 0 Å². The number of carbonyl (C=O) groups excluding carboxylic acids is 1. The Morgan fingerprint density at radius 3 is 2.80 bits per heavy atom. The van der Waals surface area contributed by atoms with Gasteiger partial charge in [0.25, 0.3) is 5.91 Å². The van der Waals surface area contributed by atoms with Gasteiger partial charge in [-0.3, -0.25) is 14.2 Å². The van der Waals surface area contributed by atoms with E-state index in [1.807, 2.05) is 13.8 Å². The van der Waals surface area contributed by atoms with E-state index in [4.69, 9.17) is 11.6 Å². The highest BCUT2D eigenvalue weighted by Crippen LogP contribution is 2.11. The van der Waals surface area contributed by atoms with E-state index in [0.29, 0.717) is 17.3 Å². The molecule has 2 aromatic heterocycles. The van der Waals surface area contributed by atoms with Crippen LogP contribution in [0.2, 0.25) is 5.02 Å². The lowest BCUT2D eigenvalue weighted by molar-refractivity contribution is 0.0947. The van der Waals surface area contributed by atoms with E-state index < -0.39 is 0 Å². The first-order valence-corrected chi connectivity index (χ1v) is 6.99. The lowest BCUT2D eigenvalue weighted by Gasteiger charge is -2.03. The molecule has 0 bridgehead atoms. The van der Waals surface area contributed by atoms with Gasteiger partial charge in [0.1, 0.15) is 5.69 Å². The highest BCUT2D eigenvalue weighted by molar-refractivity contribution is 6.31. The van der Waals surface area contributed by atoms with Crippen LogP contribution in [0, 0.1) is 6.92 Å². The molecule has 0 aliphatic carbocycles. The fraction of sp³-hybridized carbons (Fsp3) is 0.462. The van der Waals surface area contributed by atoms with Gasteiger partial charge in [0.05, 0.1) is 10.7 Å².